The van der Waals surface area contributed by atoms with Crippen molar-refractivity contribution in [2.75, 3.05) is 10.6 Å². The predicted molar refractivity (Wildman–Crippen MR) is 109 cm³/mol. The lowest BCUT2D eigenvalue weighted by Crippen LogP contribution is -2.19. The number of thiocarbonyl (C=S) groups is 1. The Hall–Kier alpha value is -1.79. The van der Waals surface area contributed by atoms with Crippen LogP contribution in [0.4, 0.5) is 11.4 Å². The second kappa shape index (κ2) is 8.06. The third-order valence-corrected chi connectivity index (χ3v) is 4.26. The first kappa shape index (κ1) is 18.0. The van der Waals surface area contributed by atoms with E-state index in [0.29, 0.717) is 32.4 Å². The summed E-state index contributed by atoms with van der Waals surface area (Å²) in [5, 5.41) is 12.5. The first-order chi connectivity index (χ1) is 12.0. The highest BCUT2D eigenvalue weighted by Gasteiger charge is 2.05. The van der Waals surface area contributed by atoms with Crippen LogP contribution in [0.3, 0.4) is 0 Å². The van der Waals surface area contributed by atoms with Crippen molar-refractivity contribution in [1.29, 1.82) is 0 Å². The fraction of sp³-hybridized carbons (Fsp3) is 0.0588. The van der Waals surface area contributed by atoms with E-state index in [-0.39, 0.29) is 0 Å². The molecule has 3 aromatic rings. The Morgan fingerprint density at radius 1 is 1.04 bits per heavy atom. The lowest BCUT2D eigenvalue weighted by Gasteiger charge is -2.13. The van der Waals surface area contributed by atoms with Gasteiger partial charge in [-0.25, -0.2) is 0 Å². The van der Waals surface area contributed by atoms with E-state index in [4.69, 9.17) is 47.0 Å². The SMILES string of the molecule is S=C(Nc1cccc(Cn2cc(Cl)cn2)c1)Nc1ccc(Cl)cc1Cl. The number of rotatable bonds is 4. The molecule has 0 aliphatic rings. The Kier molecular flexibility index (Phi) is 5.81. The van der Waals surface area contributed by atoms with Gasteiger partial charge in [0.2, 0.25) is 0 Å². The monoisotopic (exact) mass is 410 g/mol. The standard InChI is InChI=1S/C17H13Cl3N4S/c18-12-4-5-16(15(20)7-12)23-17(25)22-14-3-1-2-11(6-14)9-24-10-13(19)8-21-24/h1-8,10H,9H2,(H2,22,23,25). The average molecular weight is 412 g/mol. The van der Waals surface area contributed by atoms with Crippen molar-refractivity contribution in [3.63, 3.8) is 0 Å². The molecule has 128 valence electrons. The lowest BCUT2D eigenvalue weighted by molar-refractivity contribution is 0.687. The number of benzene rings is 2. The molecular formula is C17H13Cl3N4S. The van der Waals surface area contributed by atoms with Crippen LogP contribution in [0.1, 0.15) is 5.56 Å². The van der Waals surface area contributed by atoms with Crippen molar-refractivity contribution in [2.45, 2.75) is 6.54 Å². The summed E-state index contributed by atoms with van der Waals surface area (Å²) >= 11 is 23.3. The molecule has 0 aliphatic heterocycles. The van der Waals surface area contributed by atoms with E-state index in [1.807, 2.05) is 24.3 Å². The summed E-state index contributed by atoms with van der Waals surface area (Å²) in [6, 6.07) is 13.0. The molecule has 1 heterocycles. The maximum absolute atomic E-state index is 6.14. The van der Waals surface area contributed by atoms with Crippen LogP contribution >= 0.6 is 47.0 Å². The van der Waals surface area contributed by atoms with E-state index < -0.39 is 0 Å². The van der Waals surface area contributed by atoms with Gasteiger partial charge in [0.1, 0.15) is 0 Å². The number of hydrogen-bond acceptors (Lipinski definition) is 2. The largest absolute Gasteiger partial charge is 0.332 e. The molecule has 0 atom stereocenters. The second-order valence-electron chi connectivity index (χ2n) is 5.26. The minimum atomic E-state index is 0.434. The first-order valence-corrected chi connectivity index (χ1v) is 8.84. The molecule has 0 fully saturated rings. The minimum Gasteiger partial charge on any atom is -0.332 e. The van der Waals surface area contributed by atoms with Crippen LogP contribution in [0.2, 0.25) is 15.1 Å². The van der Waals surface area contributed by atoms with Crippen molar-refractivity contribution in [2.24, 2.45) is 0 Å². The molecule has 0 aliphatic carbocycles. The summed E-state index contributed by atoms with van der Waals surface area (Å²) in [5.74, 6) is 0. The number of nitrogens with zero attached hydrogens (tertiary/aromatic N) is 2. The Morgan fingerprint density at radius 3 is 2.60 bits per heavy atom. The molecule has 8 heteroatoms. The van der Waals surface area contributed by atoms with E-state index in [1.165, 1.54) is 0 Å². The molecule has 0 spiro atoms. The Balaban J connectivity index is 1.66. The molecular weight excluding hydrogens is 399 g/mol. The van der Waals surface area contributed by atoms with Crippen LogP contribution < -0.4 is 10.6 Å². The fourth-order valence-electron chi connectivity index (χ4n) is 2.23. The zero-order valence-electron chi connectivity index (χ0n) is 12.8. The van der Waals surface area contributed by atoms with Crippen molar-refractivity contribution in [1.82, 2.24) is 9.78 Å². The van der Waals surface area contributed by atoms with Crippen LogP contribution in [-0.2, 0) is 6.54 Å². The summed E-state index contributed by atoms with van der Waals surface area (Å²) < 4.78 is 1.77. The van der Waals surface area contributed by atoms with Gasteiger partial charge in [-0.2, -0.15) is 5.10 Å². The fourth-order valence-corrected chi connectivity index (χ4v) is 3.07. The topological polar surface area (TPSA) is 41.9 Å². The maximum atomic E-state index is 6.14. The molecule has 3 rings (SSSR count). The maximum Gasteiger partial charge on any atom is 0.175 e. The second-order valence-corrected chi connectivity index (χ2v) is 6.95. The normalized spacial score (nSPS) is 10.5. The van der Waals surface area contributed by atoms with E-state index in [9.17, 15) is 0 Å². The predicted octanol–water partition coefficient (Wildman–Crippen LogP) is 5.70. The van der Waals surface area contributed by atoms with Gasteiger partial charge in [0, 0.05) is 16.9 Å². The van der Waals surface area contributed by atoms with E-state index >= 15 is 0 Å². The molecule has 25 heavy (non-hydrogen) atoms. The van der Waals surface area contributed by atoms with Gasteiger partial charge in [-0.1, -0.05) is 46.9 Å². The molecule has 0 saturated heterocycles. The van der Waals surface area contributed by atoms with Crippen molar-refractivity contribution < 1.29 is 0 Å². The Morgan fingerprint density at radius 2 is 1.88 bits per heavy atom. The number of nitrogens with one attached hydrogen (secondary N) is 2. The lowest BCUT2D eigenvalue weighted by atomic mass is 10.2. The van der Waals surface area contributed by atoms with Crippen LogP contribution in [0.5, 0.6) is 0 Å². The van der Waals surface area contributed by atoms with Crippen LogP contribution in [0.15, 0.2) is 54.9 Å². The average Bonchev–Trinajstić information content (AvgIpc) is 2.95. The van der Waals surface area contributed by atoms with Gasteiger partial charge in [-0.05, 0) is 48.1 Å². The quantitative estimate of drug-likeness (QED) is 0.540. The summed E-state index contributed by atoms with van der Waals surface area (Å²) in [4.78, 5) is 0. The molecule has 2 aromatic carbocycles. The highest BCUT2D eigenvalue weighted by Crippen LogP contribution is 2.25. The summed E-state index contributed by atoms with van der Waals surface area (Å²) in [6.07, 6.45) is 3.38. The van der Waals surface area contributed by atoms with Crippen LogP contribution in [-0.4, -0.2) is 14.9 Å². The third-order valence-electron chi connectivity index (χ3n) is 3.31. The number of anilines is 2. The van der Waals surface area contributed by atoms with Gasteiger partial charge in [-0.3, -0.25) is 4.68 Å². The number of halogens is 3. The first-order valence-electron chi connectivity index (χ1n) is 7.29. The third kappa shape index (κ3) is 5.09. The smallest absolute Gasteiger partial charge is 0.175 e. The van der Waals surface area contributed by atoms with Gasteiger partial charge < -0.3 is 10.6 Å². The summed E-state index contributed by atoms with van der Waals surface area (Å²) in [5.41, 5.74) is 2.61. The van der Waals surface area contributed by atoms with Crippen molar-refractivity contribution in [3.8, 4) is 0 Å². The molecule has 0 amide bonds. The molecule has 0 radical (unpaired) electrons. The highest BCUT2D eigenvalue weighted by atomic mass is 35.5. The molecule has 0 bridgehead atoms. The van der Waals surface area contributed by atoms with Crippen molar-refractivity contribution in [3.05, 3.63) is 75.5 Å². The van der Waals surface area contributed by atoms with Crippen LogP contribution in [0.25, 0.3) is 0 Å². The number of hydrogen-bond donors (Lipinski definition) is 2. The van der Waals surface area contributed by atoms with Gasteiger partial charge >= 0.3 is 0 Å². The Bertz CT molecular complexity index is 910. The summed E-state index contributed by atoms with van der Waals surface area (Å²) in [6.45, 7) is 0.617. The van der Waals surface area contributed by atoms with Gasteiger partial charge in [-0.15, -0.1) is 0 Å². The Labute approximate surface area is 165 Å². The molecule has 0 unspecified atom stereocenters. The number of aromatic nitrogens is 2. The van der Waals surface area contributed by atoms with Gasteiger partial charge in [0.15, 0.2) is 5.11 Å². The highest BCUT2D eigenvalue weighted by molar-refractivity contribution is 7.80. The van der Waals surface area contributed by atoms with E-state index in [1.54, 1.807) is 35.3 Å². The van der Waals surface area contributed by atoms with Crippen LogP contribution in [0, 0.1) is 0 Å². The van der Waals surface area contributed by atoms with Gasteiger partial charge in [0.05, 0.1) is 28.5 Å². The molecule has 0 saturated carbocycles. The molecule has 1 aromatic heterocycles. The minimum absolute atomic E-state index is 0.434. The van der Waals surface area contributed by atoms with E-state index in [0.717, 1.165) is 11.3 Å². The van der Waals surface area contributed by atoms with E-state index in [2.05, 4.69) is 15.7 Å². The van der Waals surface area contributed by atoms with Crippen molar-refractivity contribution >= 4 is 63.5 Å². The molecule has 4 nitrogen and oxygen atoms in total. The summed E-state index contributed by atoms with van der Waals surface area (Å²) in [7, 11) is 0. The zero-order valence-corrected chi connectivity index (χ0v) is 15.9. The zero-order chi connectivity index (χ0) is 17.8. The molecule has 2 N–H and O–H groups in total. The van der Waals surface area contributed by atoms with Gasteiger partial charge in [0.25, 0.3) is 0 Å².